The molecule has 26 heavy (non-hydrogen) atoms. The van der Waals surface area contributed by atoms with Gasteiger partial charge >= 0.3 is 11.9 Å². The summed E-state index contributed by atoms with van der Waals surface area (Å²) in [6.07, 6.45) is -0.919. The second kappa shape index (κ2) is 11.1. The SMILES string of the molecule is CCOC(=O)CC[C@@H](NC(=O)[C@H](C)Oc1ccc(F)cc1)C(=O)OCC. The van der Waals surface area contributed by atoms with E-state index >= 15 is 0 Å². The van der Waals surface area contributed by atoms with Crippen molar-refractivity contribution in [2.45, 2.75) is 45.8 Å². The van der Waals surface area contributed by atoms with Gasteiger partial charge in [-0.3, -0.25) is 9.59 Å². The fourth-order valence-electron chi connectivity index (χ4n) is 2.05. The maximum Gasteiger partial charge on any atom is 0.328 e. The fourth-order valence-corrected chi connectivity index (χ4v) is 2.05. The van der Waals surface area contributed by atoms with Crippen LogP contribution >= 0.6 is 0 Å². The number of hydrogen-bond acceptors (Lipinski definition) is 6. The first-order valence-corrected chi connectivity index (χ1v) is 8.42. The summed E-state index contributed by atoms with van der Waals surface area (Å²) in [5.74, 6) is -1.77. The molecule has 2 atom stereocenters. The Labute approximate surface area is 151 Å². The number of ether oxygens (including phenoxy) is 3. The largest absolute Gasteiger partial charge is 0.481 e. The highest BCUT2D eigenvalue weighted by Gasteiger charge is 2.26. The van der Waals surface area contributed by atoms with Crippen molar-refractivity contribution in [3.63, 3.8) is 0 Å². The molecule has 0 spiro atoms. The van der Waals surface area contributed by atoms with Crippen LogP contribution in [0.25, 0.3) is 0 Å². The number of benzene rings is 1. The number of hydrogen-bond donors (Lipinski definition) is 1. The van der Waals surface area contributed by atoms with Crippen LogP contribution in [0.5, 0.6) is 5.75 Å². The van der Waals surface area contributed by atoms with E-state index in [0.717, 1.165) is 0 Å². The average molecular weight is 369 g/mol. The van der Waals surface area contributed by atoms with E-state index in [-0.39, 0.29) is 26.1 Å². The van der Waals surface area contributed by atoms with Gasteiger partial charge in [0.2, 0.25) is 0 Å². The molecule has 0 saturated heterocycles. The minimum Gasteiger partial charge on any atom is -0.481 e. The van der Waals surface area contributed by atoms with E-state index in [4.69, 9.17) is 14.2 Å². The molecule has 1 N–H and O–H groups in total. The van der Waals surface area contributed by atoms with Crippen molar-refractivity contribution >= 4 is 17.8 Å². The summed E-state index contributed by atoms with van der Waals surface area (Å²) in [5.41, 5.74) is 0. The lowest BCUT2D eigenvalue weighted by molar-refractivity contribution is -0.149. The lowest BCUT2D eigenvalue weighted by atomic mass is 10.1. The van der Waals surface area contributed by atoms with Gasteiger partial charge in [0.1, 0.15) is 17.6 Å². The van der Waals surface area contributed by atoms with Gasteiger partial charge in [-0.15, -0.1) is 0 Å². The van der Waals surface area contributed by atoms with Gasteiger partial charge in [-0.1, -0.05) is 0 Å². The average Bonchev–Trinajstić information content (AvgIpc) is 2.60. The predicted octanol–water partition coefficient (Wildman–Crippen LogP) is 1.98. The molecule has 1 aromatic carbocycles. The van der Waals surface area contributed by atoms with Crippen LogP contribution in [0.15, 0.2) is 24.3 Å². The van der Waals surface area contributed by atoms with E-state index in [1.54, 1.807) is 13.8 Å². The van der Waals surface area contributed by atoms with Gasteiger partial charge in [0, 0.05) is 6.42 Å². The van der Waals surface area contributed by atoms with Crippen molar-refractivity contribution in [1.82, 2.24) is 5.32 Å². The standard InChI is InChI=1S/C18H24FNO6/c1-4-24-16(21)11-10-15(18(23)25-5-2)20-17(22)12(3)26-14-8-6-13(19)7-9-14/h6-9,12,15H,4-5,10-11H2,1-3H3,(H,20,22)/t12-,15+/m0/s1. The van der Waals surface area contributed by atoms with Gasteiger partial charge in [0.05, 0.1) is 13.2 Å². The monoisotopic (exact) mass is 369 g/mol. The van der Waals surface area contributed by atoms with Crippen LogP contribution in [-0.4, -0.2) is 43.2 Å². The van der Waals surface area contributed by atoms with Gasteiger partial charge in [0.15, 0.2) is 6.10 Å². The van der Waals surface area contributed by atoms with Crippen molar-refractivity contribution in [2.75, 3.05) is 13.2 Å². The molecule has 1 amide bonds. The zero-order valence-electron chi connectivity index (χ0n) is 15.1. The Morgan fingerprint density at radius 1 is 1.08 bits per heavy atom. The summed E-state index contributed by atoms with van der Waals surface area (Å²) in [4.78, 5) is 35.7. The Morgan fingerprint density at radius 3 is 2.27 bits per heavy atom. The molecule has 144 valence electrons. The Hall–Kier alpha value is -2.64. The van der Waals surface area contributed by atoms with Crippen molar-refractivity contribution in [1.29, 1.82) is 0 Å². The first-order valence-electron chi connectivity index (χ1n) is 8.42. The molecular formula is C18H24FNO6. The van der Waals surface area contributed by atoms with E-state index in [1.807, 2.05) is 0 Å². The van der Waals surface area contributed by atoms with Gasteiger partial charge in [-0.2, -0.15) is 0 Å². The highest BCUT2D eigenvalue weighted by molar-refractivity contribution is 5.87. The molecule has 0 heterocycles. The smallest absolute Gasteiger partial charge is 0.328 e. The van der Waals surface area contributed by atoms with Gasteiger partial charge < -0.3 is 19.5 Å². The topological polar surface area (TPSA) is 90.9 Å². The molecule has 0 fully saturated rings. The Balaban J connectivity index is 2.65. The Morgan fingerprint density at radius 2 is 1.69 bits per heavy atom. The number of esters is 2. The third kappa shape index (κ3) is 7.50. The normalized spacial score (nSPS) is 12.6. The molecule has 0 aliphatic rings. The number of carbonyl (C=O) groups excluding carboxylic acids is 3. The van der Waals surface area contributed by atoms with E-state index in [9.17, 15) is 18.8 Å². The van der Waals surface area contributed by atoms with E-state index in [1.165, 1.54) is 31.2 Å². The second-order valence-corrected chi connectivity index (χ2v) is 5.37. The van der Waals surface area contributed by atoms with Crippen LogP contribution in [0.3, 0.4) is 0 Å². The quantitative estimate of drug-likeness (QED) is 0.634. The summed E-state index contributed by atoms with van der Waals surface area (Å²) < 4.78 is 28.0. The Bertz CT molecular complexity index is 604. The molecule has 0 bridgehead atoms. The van der Waals surface area contributed by atoms with Crippen molar-refractivity contribution in [3.05, 3.63) is 30.1 Å². The molecule has 0 aliphatic carbocycles. The molecule has 1 aromatic rings. The molecule has 8 heteroatoms. The summed E-state index contributed by atoms with van der Waals surface area (Å²) >= 11 is 0. The third-order valence-corrected chi connectivity index (χ3v) is 3.33. The maximum atomic E-state index is 12.9. The minimum absolute atomic E-state index is 0.0369. The zero-order chi connectivity index (χ0) is 19.5. The van der Waals surface area contributed by atoms with E-state index in [0.29, 0.717) is 5.75 Å². The first kappa shape index (κ1) is 21.4. The number of rotatable bonds is 10. The molecule has 0 aromatic heterocycles. The minimum atomic E-state index is -0.994. The summed E-state index contributed by atoms with van der Waals surface area (Å²) in [6, 6.07) is 4.21. The predicted molar refractivity (Wildman–Crippen MR) is 90.9 cm³/mol. The number of carbonyl (C=O) groups is 3. The lowest BCUT2D eigenvalue weighted by Gasteiger charge is -2.20. The van der Waals surface area contributed by atoms with Crippen LogP contribution < -0.4 is 10.1 Å². The highest BCUT2D eigenvalue weighted by Crippen LogP contribution is 2.13. The molecule has 1 rings (SSSR count). The molecule has 7 nitrogen and oxygen atoms in total. The lowest BCUT2D eigenvalue weighted by Crippen LogP contribution is -2.47. The molecule has 0 aliphatic heterocycles. The summed E-state index contributed by atoms with van der Waals surface area (Å²) in [5, 5.41) is 2.51. The molecule has 0 saturated carbocycles. The third-order valence-electron chi connectivity index (χ3n) is 3.33. The second-order valence-electron chi connectivity index (χ2n) is 5.37. The van der Waals surface area contributed by atoms with Crippen LogP contribution in [0.4, 0.5) is 4.39 Å². The summed E-state index contributed by atoms with van der Waals surface area (Å²) in [6.45, 7) is 5.19. The Kier molecular flexibility index (Phi) is 9.11. The fraction of sp³-hybridized carbons (Fsp3) is 0.500. The van der Waals surface area contributed by atoms with Crippen LogP contribution in [0, 0.1) is 5.82 Å². The van der Waals surface area contributed by atoms with E-state index in [2.05, 4.69) is 5.32 Å². The molecule has 0 radical (unpaired) electrons. The number of halogens is 1. The summed E-state index contributed by atoms with van der Waals surface area (Å²) in [7, 11) is 0. The van der Waals surface area contributed by atoms with Crippen molar-refractivity contribution in [3.8, 4) is 5.75 Å². The maximum absolute atomic E-state index is 12.9. The van der Waals surface area contributed by atoms with Crippen molar-refractivity contribution < 1.29 is 33.0 Å². The van der Waals surface area contributed by atoms with Gasteiger partial charge in [-0.25, -0.2) is 9.18 Å². The number of amides is 1. The van der Waals surface area contributed by atoms with Crippen molar-refractivity contribution in [2.24, 2.45) is 0 Å². The van der Waals surface area contributed by atoms with Gasteiger partial charge in [-0.05, 0) is 51.5 Å². The highest BCUT2D eigenvalue weighted by atomic mass is 19.1. The number of nitrogens with one attached hydrogen (secondary N) is 1. The first-order chi connectivity index (χ1) is 12.4. The van der Waals surface area contributed by atoms with Crippen LogP contribution in [0.1, 0.15) is 33.6 Å². The van der Waals surface area contributed by atoms with E-state index < -0.39 is 35.8 Å². The molecular weight excluding hydrogens is 345 g/mol. The van der Waals surface area contributed by atoms with Crippen LogP contribution in [0.2, 0.25) is 0 Å². The molecule has 0 unspecified atom stereocenters. The van der Waals surface area contributed by atoms with Crippen LogP contribution in [-0.2, 0) is 23.9 Å². The van der Waals surface area contributed by atoms with Gasteiger partial charge in [0.25, 0.3) is 5.91 Å². The zero-order valence-corrected chi connectivity index (χ0v) is 15.1.